The molecule has 0 N–H and O–H groups in total. The normalized spacial score (nSPS) is 10.5. The van der Waals surface area contributed by atoms with Crippen molar-refractivity contribution in [1.29, 1.82) is 0 Å². The summed E-state index contributed by atoms with van der Waals surface area (Å²) >= 11 is 0. The minimum atomic E-state index is 0.762. The molecule has 0 saturated heterocycles. The number of hydrogen-bond acceptors (Lipinski definition) is 2. The van der Waals surface area contributed by atoms with Crippen LogP contribution in [0.15, 0.2) is 23.5 Å². The maximum Gasteiger partial charge on any atom is 0.0879 e. The van der Waals surface area contributed by atoms with Crippen molar-refractivity contribution in [2.24, 2.45) is 4.99 Å². The molecule has 1 rings (SSSR count). The molecule has 0 aliphatic heterocycles. The summed E-state index contributed by atoms with van der Waals surface area (Å²) in [7, 11) is 0.762. The van der Waals surface area contributed by atoms with Crippen molar-refractivity contribution in [3.05, 3.63) is 18.5 Å². The fraction of sp³-hybridized carbons (Fsp3) is 0.143. The first kappa shape index (κ1) is 7.36. The van der Waals surface area contributed by atoms with E-state index in [1.807, 2.05) is 6.07 Å². The summed E-state index contributed by atoms with van der Waals surface area (Å²) in [4.78, 5) is 7.77. The summed E-state index contributed by atoms with van der Waals surface area (Å²) in [5, 5.41) is 1.23. The largest absolute Gasteiger partial charge is 0.262 e. The highest BCUT2D eigenvalue weighted by Gasteiger charge is 1.94. The van der Waals surface area contributed by atoms with Gasteiger partial charge in [0.15, 0.2) is 0 Å². The van der Waals surface area contributed by atoms with E-state index in [2.05, 4.69) is 23.4 Å². The summed E-state index contributed by atoms with van der Waals surface area (Å²) in [6, 6.07) is 1.97. The summed E-state index contributed by atoms with van der Waals surface area (Å²) in [6.07, 6.45) is 3.51. The Morgan fingerprint density at radius 1 is 1.70 bits per heavy atom. The minimum Gasteiger partial charge on any atom is -0.262 e. The second kappa shape index (κ2) is 3.43. The smallest absolute Gasteiger partial charge is 0.0879 e. The van der Waals surface area contributed by atoms with E-state index in [0.29, 0.717) is 0 Å². The SMILES string of the molecule is C=Nc1cnccc1PC. The number of nitrogens with zero attached hydrogens (tertiary/aromatic N) is 2. The molecular formula is C7H9N2P. The second-order valence-electron chi connectivity index (χ2n) is 1.80. The molecular weight excluding hydrogens is 143 g/mol. The zero-order chi connectivity index (χ0) is 7.40. The van der Waals surface area contributed by atoms with Crippen LogP contribution in [0.4, 0.5) is 5.69 Å². The molecule has 2 nitrogen and oxygen atoms in total. The molecule has 0 bridgehead atoms. The van der Waals surface area contributed by atoms with Crippen LogP contribution in [0.1, 0.15) is 0 Å². The van der Waals surface area contributed by atoms with Crippen molar-refractivity contribution in [2.45, 2.75) is 0 Å². The van der Waals surface area contributed by atoms with Crippen LogP contribution < -0.4 is 5.30 Å². The van der Waals surface area contributed by atoms with Crippen LogP contribution in [-0.4, -0.2) is 18.4 Å². The van der Waals surface area contributed by atoms with Crippen LogP contribution in [0, 0.1) is 0 Å². The Hall–Kier alpha value is -0.750. The third-order valence-electron chi connectivity index (χ3n) is 1.24. The molecule has 52 valence electrons. The molecule has 0 radical (unpaired) electrons. The molecule has 0 aromatic carbocycles. The van der Waals surface area contributed by atoms with Gasteiger partial charge >= 0.3 is 0 Å². The highest BCUT2D eigenvalue weighted by molar-refractivity contribution is 7.46. The standard InChI is InChI=1S/C7H9N2P/c1-8-6-5-9-4-3-7(6)10-2/h3-5,10H,1H2,2H3. The van der Waals surface area contributed by atoms with Crippen LogP contribution in [0.2, 0.25) is 0 Å². The zero-order valence-electron chi connectivity index (χ0n) is 5.83. The van der Waals surface area contributed by atoms with E-state index in [4.69, 9.17) is 0 Å². The van der Waals surface area contributed by atoms with E-state index in [9.17, 15) is 0 Å². The van der Waals surface area contributed by atoms with Crippen LogP contribution >= 0.6 is 8.58 Å². The predicted molar refractivity (Wildman–Crippen MR) is 47.3 cm³/mol. The summed E-state index contributed by atoms with van der Waals surface area (Å²) in [6.45, 7) is 5.57. The van der Waals surface area contributed by atoms with Crippen LogP contribution in [0.5, 0.6) is 0 Å². The minimum absolute atomic E-state index is 0.762. The van der Waals surface area contributed by atoms with Gasteiger partial charge in [-0.3, -0.25) is 9.98 Å². The lowest BCUT2D eigenvalue weighted by molar-refractivity contribution is 1.33. The van der Waals surface area contributed by atoms with Gasteiger partial charge in [-0.05, 0) is 19.4 Å². The molecule has 0 amide bonds. The van der Waals surface area contributed by atoms with Crippen molar-refractivity contribution < 1.29 is 0 Å². The van der Waals surface area contributed by atoms with Crippen molar-refractivity contribution in [3.63, 3.8) is 0 Å². The number of pyridine rings is 1. The first-order valence-corrected chi connectivity index (χ1v) is 4.47. The van der Waals surface area contributed by atoms with Gasteiger partial charge in [0.2, 0.25) is 0 Å². The molecule has 1 aromatic heterocycles. The molecule has 1 unspecified atom stereocenters. The molecule has 3 heteroatoms. The maximum atomic E-state index is 3.93. The Balaban J connectivity index is 3.08. The zero-order valence-corrected chi connectivity index (χ0v) is 6.83. The van der Waals surface area contributed by atoms with Crippen molar-refractivity contribution in [1.82, 2.24) is 4.98 Å². The Morgan fingerprint density at radius 2 is 2.50 bits per heavy atom. The lowest BCUT2D eigenvalue weighted by Gasteiger charge is -1.98. The van der Waals surface area contributed by atoms with Gasteiger partial charge in [0.1, 0.15) is 0 Å². The fourth-order valence-electron chi connectivity index (χ4n) is 0.724. The molecule has 10 heavy (non-hydrogen) atoms. The van der Waals surface area contributed by atoms with Gasteiger partial charge in [0, 0.05) is 11.5 Å². The predicted octanol–water partition coefficient (Wildman–Crippen LogP) is 1.35. The summed E-state index contributed by atoms with van der Waals surface area (Å²) < 4.78 is 0. The number of aromatic nitrogens is 1. The Labute approximate surface area is 62.2 Å². The van der Waals surface area contributed by atoms with Crippen molar-refractivity contribution in [3.8, 4) is 0 Å². The van der Waals surface area contributed by atoms with E-state index in [1.54, 1.807) is 12.4 Å². The third-order valence-corrected chi connectivity index (χ3v) is 2.20. The maximum absolute atomic E-state index is 3.93. The molecule has 1 atom stereocenters. The first-order chi connectivity index (χ1) is 4.88. The average molecular weight is 152 g/mol. The Bertz CT molecular complexity index is 235. The molecule has 0 aliphatic rings. The number of aliphatic imine (C=N–C) groups is 1. The monoisotopic (exact) mass is 152 g/mol. The van der Waals surface area contributed by atoms with Gasteiger partial charge in [-0.25, -0.2) is 0 Å². The summed E-state index contributed by atoms with van der Waals surface area (Å²) in [5.41, 5.74) is 0.906. The topological polar surface area (TPSA) is 25.2 Å². The van der Waals surface area contributed by atoms with Gasteiger partial charge in [0.25, 0.3) is 0 Å². The van der Waals surface area contributed by atoms with E-state index in [0.717, 1.165) is 14.3 Å². The van der Waals surface area contributed by atoms with Gasteiger partial charge < -0.3 is 0 Å². The van der Waals surface area contributed by atoms with E-state index < -0.39 is 0 Å². The van der Waals surface area contributed by atoms with Crippen molar-refractivity contribution in [2.75, 3.05) is 6.66 Å². The molecule has 1 aromatic rings. The van der Waals surface area contributed by atoms with Crippen LogP contribution in [0.3, 0.4) is 0 Å². The molecule has 0 spiro atoms. The lowest BCUT2D eigenvalue weighted by atomic mass is 10.4. The molecule has 1 heterocycles. The highest BCUT2D eigenvalue weighted by atomic mass is 31.1. The van der Waals surface area contributed by atoms with Gasteiger partial charge in [-0.2, -0.15) is 0 Å². The second-order valence-corrected chi connectivity index (χ2v) is 2.84. The third kappa shape index (κ3) is 1.39. The number of hydrogen-bond donors (Lipinski definition) is 0. The van der Waals surface area contributed by atoms with Crippen LogP contribution in [0.25, 0.3) is 0 Å². The Kier molecular flexibility index (Phi) is 2.52. The fourth-order valence-corrected chi connectivity index (χ4v) is 1.36. The van der Waals surface area contributed by atoms with Gasteiger partial charge in [-0.1, -0.05) is 8.58 Å². The molecule has 0 aliphatic carbocycles. The Morgan fingerprint density at radius 3 is 3.00 bits per heavy atom. The lowest BCUT2D eigenvalue weighted by Crippen LogP contribution is -1.93. The highest BCUT2D eigenvalue weighted by Crippen LogP contribution is 2.13. The van der Waals surface area contributed by atoms with Crippen molar-refractivity contribution >= 4 is 26.3 Å². The number of rotatable bonds is 2. The van der Waals surface area contributed by atoms with Gasteiger partial charge in [-0.15, -0.1) is 0 Å². The summed E-state index contributed by atoms with van der Waals surface area (Å²) in [5.74, 6) is 0. The van der Waals surface area contributed by atoms with E-state index in [-0.39, 0.29) is 0 Å². The quantitative estimate of drug-likeness (QED) is 0.463. The van der Waals surface area contributed by atoms with E-state index in [1.165, 1.54) is 5.30 Å². The molecule has 0 saturated carbocycles. The van der Waals surface area contributed by atoms with E-state index >= 15 is 0 Å². The molecule has 0 fully saturated rings. The van der Waals surface area contributed by atoms with Gasteiger partial charge in [0.05, 0.1) is 11.9 Å². The van der Waals surface area contributed by atoms with Crippen LogP contribution in [-0.2, 0) is 0 Å². The average Bonchev–Trinajstić information content (AvgIpc) is 2.04. The first-order valence-electron chi connectivity index (χ1n) is 2.97.